The summed E-state index contributed by atoms with van der Waals surface area (Å²) in [6.07, 6.45) is 3.26. The molecule has 0 aromatic rings. The molecule has 0 fully saturated rings. The van der Waals surface area contributed by atoms with Gasteiger partial charge in [0.1, 0.15) is 0 Å². The van der Waals surface area contributed by atoms with Crippen LogP contribution in [0.2, 0.25) is 0 Å². The SMILES string of the molecule is C=C(C)CCOCCCCNCCOC. The van der Waals surface area contributed by atoms with Crippen molar-refractivity contribution in [1.29, 1.82) is 0 Å². The molecule has 0 heterocycles. The second-order valence-electron chi connectivity index (χ2n) is 3.77. The van der Waals surface area contributed by atoms with Crippen molar-refractivity contribution in [2.75, 3.05) is 40.0 Å². The molecule has 0 rings (SSSR count). The maximum Gasteiger partial charge on any atom is 0.0587 e. The van der Waals surface area contributed by atoms with Gasteiger partial charge in [0.15, 0.2) is 0 Å². The summed E-state index contributed by atoms with van der Waals surface area (Å²) >= 11 is 0. The monoisotopic (exact) mass is 215 g/mol. The van der Waals surface area contributed by atoms with Gasteiger partial charge in [-0.05, 0) is 32.7 Å². The van der Waals surface area contributed by atoms with E-state index in [4.69, 9.17) is 9.47 Å². The number of unbranched alkanes of at least 4 members (excludes halogenated alkanes) is 1. The highest BCUT2D eigenvalue weighted by atomic mass is 16.5. The molecule has 0 unspecified atom stereocenters. The van der Waals surface area contributed by atoms with E-state index in [1.54, 1.807) is 7.11 Å². The van der Waals surface area contributed by atoms with Crippen molar-refractivity contribution in [3.05, 3.63) is 12.2 Å². The predicted octanol–water partition coefficient (Wildman–Crippen LogP) is 1.99. The summed E-state index contributed by atoms with van der Waals surface area (Å²) in [6.45, 7) is 10.3. The second-order valence-corrected chi connectivity index (χ2v) is 3.77. The molecule has 3 heteroatoms. The number of hydrogen-bond acceptors (Lipinski definition) is 3. The molecule has 0 atom stereocenters. The lowest BCUT2D eigenvalue weighted by Gasteiger charge is -2.05. The third-order valence-electron chi connectivity index (χ3n) is 2.05. The van der Waals surface area contributed by atoms with Crippen LogP contribution in [0.4, 0.5) is 0 Å². The van der Waals surface area contributed by atoms with Gasteiger partial charge < -0.3 is 14.8 Å². The molecule has 0 saturated heterocycles. The number of nitrogens with one attached hydrogen (secondary N) is 1. The smallest absolute Gasteiger partial charge is 0.0587 e. The van der Waals surface area contributed by atoms with Crippen molar-refractivity contribution >= 4 is 0 Å². The molecular weight excluding hydrogens is 190 g/mol. The van der Waals surface area contributed by atoms with Gasteiger partial charge in [-0.2, -0.15) is 0 Å². The first-order chi connectivity index (χ1) is 7.27. The molecule has 3 nitrogen and oxygen atoms in total. The van der Waals surface area contributed by atoms with E-state index in [1.165, 1.54) is 5.57 Å². The van der Waals surface area contributed by atoms with Crippen LogP contribution in [0, 0.1) is 0 Å². The molecular formula is C12H25NO2. The number of rotatable bonds is 11. The molecule has 0 aliphatic heterocycles. The van der Waals surface area contributed by atoms with Gasteiger partial charge in [0.25, 0.3) is 0 Å². The Kier molecular flexibility index (Phi) is 11.4. The largest absolute Gasteiger partial charge is 0.383 e. The summed E-state index contributed by atoms with van der Waals surface area (Å²) < 4.78 is 10.4. The van der Waals surface area contributed by atoms with E-state index in [1.807, 2.05) is 6.92 Å². The van der Waals surface area contributed by atoms with Gasteiger partial charge >= 0.3 is 0 Å². The van der Waals surface area contributed by atoms with Gasteiger partial charge in [0.05, 0.1) is 13.2 Å². The van der Waals surface area contributed by atoms with Gasteiger partial charge in [-0.1, -0.05) is 5.57 Å². The minimum atomic E-state index is 0.787. The first-order valence-corrected chi connectivity index (χ1v) is 5.69. The first kappa shape index (κ1) is 14.6. The average molecular weight is 215 g/mol. The molecule has 0 aromatic heterocycles. The summed E-state index contributed by atoms with van der Waals surface area (Å²) in [5.41, 5.74) is 1.19. The topological polar surface area (TPSA) is 30.5 Å². The highest BCUT2D eigenvalue weighted by Gasteiger charge is 1.91. The Balaban J connectivity index is 2.89. The van der Waals surface area contributed by atoms with Crippen molar-refractivity contribution in [2.24, 2.45) is 0 Å². The van der Waals surface area contributed by atoms with Gasteiger partial charge in [-0.3, -0.25) is 0 Å². The van der Waals surface area contributed by atoms with Gasteiger partial charge in [-0.15, -0.1) is 6.58 Å². The van der Waals surface area contributed by atoms with Gasteiger partial charge in [-0.25, -0.2) is 0 Å². The molecule has 0 bridgehead atoms. The lowest BCUT2D eigenvalue weighted by atomic mass is 10.2. The predicted molar refractivity (Wildman–Crippen MR) is 64.2 cm³/mol. The summed E-state index contributed by atoms with van der Waals surface area (Å²) in [7, 11) is 1.72. The molecule has 0 spiro atoms. The van der Waals surface area contributed by atoms with Crippen LogP contribution in [-0.4, -0.2) is 40.0 Å². The molecule has 0 aliphatic carbocycles. The summed E-state index contributed by atoms with van der Waals surface area (Å²) in [6, 6.07) is 0. The van der Waals surface area contributed by atoms with Gasteiger partial charge in [0, 0.05) is 20.3 Å². The van der Waals surface area contributed by atoms with Crippen LogP contribution < -0.4 is 5.32 Å². The number of hydrogen-bond donors (Lipinski definition) is 1. The molecule has 0 aromatic carbocycles. The maximum absolute atomic E-state index is 5.46. The van der Waals surface area contributed by atoms with E-state index in [0.29, 0.717) is 0 Å². The summed E-state index contributed by atoms with van der Waals surface area (Å²) in [5.74, 6) is 0. The molecule has 0 amide bonds. The Labute approximate surface area is 93.8 Å². The third-order valence-corrected chi connectivity index (χ3v) is 2.05. The highest BCUT2D eigenvalue weighted by Crippen LogP contribution is 1.96. The molecule has 0 aliphatic rings. The minimum absolute atomic E-state index is 0.787. The quantitative estimate of drug-likeness (QED) is 0.422. The van der Waals surface area contributed by atoms with Crippen molar-refractivity contribution in [2.45, 2.75) is 26.2 Å². The zero-order chi connectivity index (χ0) is 11.4. The van der Waals surface area contributed by atoms with Crippen LogP contribution in [0.25, 0.3) is 0 Å². The number of ether oxygens (including phenoxy) is 2. The second kappa shape index (κ2) is 11.7. The van der Waals surface area contributed by atoms with Crippen molar-refractivity contribution < 1.29 is 9.47 Å². The van der Waals surface area contributed by atoms with Crippen molar-refractivity contribution in [3.63, 3.8) is 0 Å². The Morgan fingerprint density at radius 3 is 2.60 bits per heavy atom. The third kappa shape index (κ3) is 13.6. The normalized spacial score (nSPS) is 10.5. The lowest BCUT2D eigenvalue weighted by molar-refractivity contribution is 0.133. The maximum atomic E-state index is 5.46. The highest BCUT2D eigenvalue weighted by molar-refractivity contribution is 4.86. The zero-order valence-corrected chi connectivity index (χ0v) is 10.2. The molecule has 0 saturated carbocycles. The van der Waals surface area contributed by atoms with Crippen LogP contribution in [0.15, 0.2) is 12.2 Å². The lowest BCUT2D eigenvalue weighted by Crippen LogP contribution is -2.20. The van der Waals surface area contributed by atoms with Crippen molar-refractivity contribution in [1.82, 2.24) is 5.32 Å². The standard InChI is InChI=1S/C12H25NO2/c1-12(2)6-10-15-9-5-4-7-13-8-11-14-3/h13H,1,4-11H2,2-3H3. The Morgan fingerprint density at radius 1 is 1.13 bits per heavy atom. The Bertz CT molecular complexity index is 149. The fourth-order valence-electron chi connectivity index (χ4n) is 1.10. The molecule has 1 N–H and O–H groups in total. The van der Waals surface area contributed by atoms with Gasteiger partial charge in [0.2, 0.25) is 0 Å². The van der Waals surface area contributed by atoms with E-state index in [2.05, 4.69) is 11.9 Å². The van der Waals surface area contributed by atoms with Crippen molar-refractivity contribution in [3.8, 4) is 0 Å². The fourth-order valence-corrected chi connectivity index (χ4v) is 1.10. The fraction of sp³-hybridized carbons (Fsp3) is 0.833. The van der Waals surface area contributed by atoms with Crippen LogP contribution in [0.3, 0.4) is 0 Å². The van der Waals surface area contributed by atoms with E-state index < -0.39 is 0 Å². The van der Waals surface area contributed by atoms with Crippen LogP contribution >= 0.6 is 0 Å². The molecule has 90 valence electrons. The Morgan fingerprint density at radius 2 is 1.93 bits per heavy atom. The van der Waals surface area contributed by atoms with E-state index in [0.717, 1.165) is 52.2 Å². The van der Waals surface area contributed by atoms with Crippen LogP contribution in [-0.2, 0) is 9.47 Å². The summed E-state index contributed by atoms with van der Waals surface area (Å²) in [5, 5.41) is 3.30. The first-order valence-electron chi connectivity index (χ1n) is 5.69. The van der Waals surface area contributed by atoms with E-state index in [-0.39, 0.29) is 0 Å². The van der Waals surface area contributed by atoms with E-state index >= 15 is 0 Å². The summed E-state index contributed by atoms with van der Waals surface area (Å²) in [4.78, 5) is 0. The molecule has 0 radical (unpaired) electrons. The van der Waals surface area contributed by atoms with Crippen LogP contribution in [0.5, 0.6) is 0 Å². The Hall–Kier alpha value is -0.380. The molecule has 15 heavy (non-hydrogen) atoms. The van der Waals surface area contributed by atoms with Crippen LogP contribution in [0.1, 0.15) is 26.2 Å². The average Bonchev–Trinajstić information content (AvgIpc) is 2.20. The number of methoxy groups -OCH3 is 1. The van der Waals surface area contributed by atoms with E-state index in [9.17, 15) is 0 Å². The minimum Gasteiger partial charge on any atom is -0.383 e. The zero-order valence-electron chi connectivity index (χ0n) is 10.2.